The second-order valence-electron chi connectivity index (χ2n) is 5.12. The van der Waals surface area contributed by atoms with Gasteiger partial charge in [0.15, 0.2) is 0 Å². The minimum Gasteiger partial charge on any atom is -0.355 e. The Kier molecular flexibility index (Phi) is 5.74. The lowest BCUT2D eigenvalue weighted by Gasteiger charge is -2.34. The Bertz CT molecular complexity index is 412. The summed E-state index contributed by atoms with van der Waals surface area (Å²) in [5.41, 5.74) is 0. The largest absolute Gasteiger partial charge is 0.355 e. The molecule has 1 aromatic heterocycles. The lowest BCUT2D eigenvalue weighted by molar-refractivity contribution is 0.391. The van der Waals surface area contributed by atoms with Gasteiger partial charge in [0.25, 0.3) is 0 Å². The molecule has 2 rings (SSSR count). The number of piperidine rings is 1. The fraction of sp³-hybridized carbons (Fsp3) is 0.643. The van der Waals surface area contributed by atoms with Crippen LogP contribution in [0.2, 0.25) is 10.0 Å². The van der Waals surface area contributed by atoms with Crippen LogP contribution in [-0.4, -0.2) is 31.2 Å². The highest BCUT2D eigenvalue weighted by molar-refractivity contribution is 6.36. The summed E-state index contributed by atoms with van der Waals surface area (Å²) in [6.07, 6.45) is 5.32. The van der Waals surface area contributed by atoms with Crippen molar-refractivity contribution in [3.05, 3.63) is 22.3 Å². The van der Waals surface area contributed by atoms with E-state index < -0.39 is 0 Å². The molecule has 1 aliphatic rings. The van der Waals surface area contributed by atoms with Gasteiger partial charge in [-0.1, -0.05) is 30.1 Å². The number of rotatable bonds is 5. The third-order valence-corrected chi connectivity index (χ3v) is 3.95. The number of nitrogens with one attached hydrogen (secondary N) is 1. The fourth-order valence-corrected chi connectivity index (χ4v) is 3.05. The minimum atomic E-state index is 0.590. The van der Waals surface area contributed by atoms with Crippen molar-refractivity contribution in [2.24, 2.45) is 5.92 Å². The number of hydrogen-bond donors (Lipinski definition) is 1. The van der Waals surface area contributed by atoms with E-state index in [1.54, 1.807) is 12.3 Å². The van der Waals surface area contributed by atoms with E-state index in [4.69, 9.17) is 23.2 Å². The summed E-state index contributed by atoms with van der Waals surface area (Å²) in [6, 6.07) is 1.77. The monoisotopic (exact) mass is 301 g/mol. The Balaban J connectivity index is 1.96. The molecule has 19 heavy (non-hydrogen) atoms. The van der Waals surface area contributed by atoms with Crippen molar-refractivity contribution >= 4 is 29.0 Å². The number of aromatic nitrogens is 1. The number of anilines is 1. The molecule has 0 saturated carbocycles. The molecule has 3 nitrogen and oxygen atoms in total. The minimum absolute atomic E-state index is 0.590. The molecule has 0 aromatic carbocycles. The zero-order valence-electron chi connectivity index (χ0n) is 11.3. The average molecular weight is 302 g/mol. The van der Waals surface area contributed by atoms with Gasteiger partial charge in [-0.2, -0.15) is 0 Å². The first-order valence-electron chi connectivity index (χ1n) is 6.97. The Labute approximate surface area is 125 Å². The highest BCUT2D eigenvalue weighted by Gasteiger charge is 2.22. The first-order chi connectivity index (χ1) is 9.20. The molecule has 106 valence electrons. The molecule has 1 fully saturated rings. The molecule has 0 amide bonds. The SMILES string of the molecule is CCCNCC1CCCN(c2ncc(Cl)cc2Cl)C1. The van der Waals surface area contributed by atoms with Crippen LogP contribution in [0.3, 0.4) is 0 Å². The molecule has 1 aliphatic heterocycles. The maximum absolute atomic E-state index is 6.23. The molecule has 0 aliphatic carbocycles. The number of halogens is 2. The third kappa shape index (κ3) is 4.23. The Morgan fingerprint density at radius 1 is 1.47 bits per heavy atom. The molecule has 1 aromatic rings. The zero-order chi connectivity index (χ0) is 13.7. The molecule has 1 unspecified atom stereocenters. The van der Waals surface area contributed by atoms with Crippen LogP contribution >= 0.6 is 23.2 Å². The number of hydrogen-bond acceptors (Lipinski definition) is 3. The quantitative estimate of drug-likeness (QED) is 0.842. The predicted octanol–water partition coefficient (Wildman–Crippen LogP) is 3.60. The lowest BCUT2D eigenvalue weighted by Crippen LogP contribution is -2.40. The molecule has 0 radical (unpaired) electrons. The standard InChI is InChI=1S/C14H21Cl2N3/c1-2-5-17-8-11-4-3-6-19(10-11)14-13(16)7-12(15)9-18-14/h7,9,11,17H,2-6,8,10H2,1H3. The van der Waals surface area contributed by atoms with Crippen molar-refractivity contribution in [3.8, 4) is 0 Å². The smallest absolute Gasteiger partial charge is 0.147 e. The van der Waals surface area contributed by atoms with Crippen LogP contribution in [-0.2, 0) is 0 Å². The lowest BCUT2D eigenvalue weighted by atomic mass is 9.98. The number of pyridine rings is 1. The summed E-state index contributed by atoms with van der Waals surface area (Å²) >= 11 is 12.1. The van der Waals surface area contributed by atoms with Crippen LogP contribution < -0.4 is 10.2 Å². The van der Waals surface area contributed by atoms with E-state index in [-0.39, 0.29) is 0 Å². The van der Waals surface area contributed by atoms with E-state index in [1.807, 2.05) is 0 Å². The van der Waals surface area contributed by atoms with Gasteiger partial charge < -0.3 is 10.2 Å². The van der Waals surface area contributed by atoms with E-state index in [2.05, 4.69) is 22.1 Å². The van der Waals surface area contributed by atoms with Gasteiger partial charge >= 0.3 is 0 Å². The van der Waals surface area contributed by atoms with Gasteiger partial charge in [-0.3, -0.25) is 0 Å². The molecule has 1 atom stereocenters. The van der Waals surface area contributed by atoms with Gasteiger partial charge in [-0.05, 0) is 44.3 Å². The van der Waals surface area contributed by atoms with Crippen molar-refractivity contribution in [2.45, 2.75) is 26.2 Å². The Morgan fingerprint density at radius 2 is 2.32 bits per heavy atom. The first kappa shape index (κ1) is 14.9. The second-order valence-corrected chi connectivity index (χ2v) is 5.96. The van der Waals surface area contributed by atoms with Crippen LogP contribution in [0, 0.1) is 5.92 Å². The Morgan fingerprint density at radius 3 is 3.05 bits per heavy atom. The molecular formula is C14H21Cl2N3. The van der Waals surface area contributed by atoms with Gasteiger partial charge in [0.1, 0.15) is 5.82 Å². The molecule has 5 heteroatoms. The highest BCUT2D eigenvalue weighted by Crippen LogP contribution is 2.29. The topological polar surface area (TPSA) is 28.2 Å². The van der Waals surface area contributed by atoms with E-state index in [0.717, 1.165) is 32.0 Å². The third-order valence-electron chi connectivity index (χ3n) is 3.47. The van der Waals surface area contributed by atoms with Gasteiger partial charge in [-0.15, -0.1) is 0 Å². The maximum Gasteiger partial charge on any atom is 0.147 e. The summed E-state index contributed by atoms with van der Waals surface area (Å²) in [6.45, 7) is 6.41. The fourth-order valence-electron chi connectivity index (χ4n) is 2.55. The van der Waals surface area contributed by atoms with E-state index in [9.17, 15) is 0 Å². The molecule has 0 spiro atoms. The van der Waals surface area contributed by atoms with Crippen LogP contribution in [0.5, 0.6) is 0 Å². The Hall–Kier alpha value is -0.510. The molecule has 1 saturated heterocycles. The zero-order valence-corrected chi connectivity index (χ0v) is 12.8. The summed E-state index contributed by atoms with van der Waals surface area (Å²) in [5, 5.41) is 4.74. The van der Waals surface area contributed by atoms with Crippen molar-refractivity contribution < 1.29 is 0 Å². The van der Waals surface area contributed by atoms with Crippen molar-refractivity contribution in [1.29, 1.82) is 0 Å². The molecule has 1 N–H and O–H groups in total. The van der Waals surface area contributed by atoms with Crippen LogP contribution in [0.1, 0.15) is 26.2 Å². The van der Waals surface area contributed by atoms with E-state index in [1.165, 1.54) is 19.3 Å². The van der Waals surface area contributed by atoms with Gasteiger partial charge in [0.05, 0.1) is 10.0 Å². The average Bonchev–Trinajstić information content (AvgIpc) is 2.39. The summed E-state index contributed by atoms with van der Waals surface area (Å²) < 4.78 is 0. The highest BCUT2D eigenvalue weighted by atomic mass is 35.5. The predicted molar refractivity (Wildman–Crippen MR) is 82.4 cm³/mol. The van der Waals surface area contributed by atoms with Gasteiger partial charge in [0.2, 0.25) is 0 Å². The van der Waals surface area contributed by atoms with Gasteiger partial charge in [-0.25, -0.2) is 4.98 Å². The summed E-state index contributed by atoms with van der Waals surface area (Å²) in [4.78, 5) is 6.65. The molecule has 2 heterocycles. The summed E-state index contributed by atoms with van der Waals surface area (Å²) in [7, 11) is 0. The van der Waals surface area contributed by atoms with Gasteiger partial charge in [0, 0.05) is 19.3 Å². The normalized spacial score (nSPS) is 19.7. The van der Waals surface area contributed by atoms with E-state index in [0.29, 0.717) is 16.0 Å². The number of nitrogens with zero attached hydrogens (tertiary/aromatic N) is 2. The first-order valence-corrected chi connectivity index (χ1v) is 7.73. The van der Waals surface area contributed by atoms with Crippen molar-refractivity contribution in [2.75, 3.05) is 31.1 Å². The molecular weight excluding hydrogens is 281 g/mol. The van der Waals surface area contributed by atoms with Crippen LogP contribution in [0.15, 0.2) is 12.3 Å². The van der Waals surface area contributed by atoms with Crippen LogP contribution in [0.25, 0.3) is 0 Å². The maximum atomic E-state index is 6.23. The van der Waals surface area contributed by atoms with Crippen LogP contribution in [0.4, 0.5) is 5.82 Å². The van der Waals surface area contributed by atoms with E-state index >= 15 is 0 Å². The summed E-state index contributed by atoms with van der Waals surface area (Å²) in [5.74, 6) is 1.54. The van der Waals surface area contributed by atoms with Crippen molar-refractivity contribution in [1.82, 2.24) is 10.3 Å². The van der Waals surface area contributed by atoms with Crippen molar-refractivity contribution in [3.63, 3.8) is 0 Å². The second kappa shape index (κ2) is 7.32. The molecule has 0 bridgehead atoms.